The molecule has 5 heteroatoms. The minimum Gasteiger partial charge on any atom is -0.497 e. The molecule has 0 saturated heterocycles. The number of methoxy groups -OCH3 is 1. The van der Waals surface area contributed by atoms with Gasteiger partial charge in [0.15, 0.2) is 0 Å². The van der Waals surface area contributed by atoms with Crippen LogP contribution in [0.2, 0.25) is 0 Å². The van der Waals surface area contributed by atoms with Crippen LogP contribution in [-0.4, -0.2) is 18.7 Å². The molecular formula is C18H22N2O2S. The van der Waals surface area contributed by atoms with Crippen LogP contribution in [0.5, 0.6) is 5.75 Å². The summed E-state index contributed by atoms with van der Waals surface area (Å²) in [5.41, 5.74) is 7.13. The molecule has 0 saturated carbocycles. The molecule has 2 N–H and O–H groups in total. The highest BCUT2D eigenvalue weighted by Gasteiger charge is 2.28. The van der Waals surface area contributed by atoms with Crippen molar-refractivity contribution in [3.8, 4) is 5.75 Å². The number of nitrogens with zero attached hydrogens (tertiary/aromatic N) is 1. The molecule has 0 fully saturated rings. The van der Waals surface area contributed by atoms with Crippen LogP contribution in [0.4, 0.5) is 0 Å². The maximum Gasteiger partial charge on any atom is 0.207 e. The lowest BCUT2D eigenvalue weighted by Crippen LogP contribution is -2.25. The number of nitrogens with two attached hydrogens (primary N) is 1. The predicted molar refractivity (Wildman–Crippen MR) is 93.2 cm³/mol. The quantitative estimate of drug-likeness (QED) is 0.878. The molecule has 4 nitrogen and oxygen atoms in total. The summed E-state index contributed by atoms with van der Waals surface area (Å²) in [6, 6.07) is 12.6. The van der Waals surface area contributed by atoms with E-state index >= 15 is 0 Å². The Kier molecular flexibility index (Phi) is 4.88. The van der Waals surface area contributed by atoms with Gasteiger partial charge < -0.3 is 15.3 Å². The molecule has 0 bridgehead atoms. The number of aryl methyl sites for hydroxylation is 1. The molecule has 0 spiro atoms. The Hall–Kier alpha value is -1.98. The fraction of sp³-hybridized carbons (Fsp3) is 0.333. The fourth-order valence-electron chi connectivity index (χ4n) is 2.65. The molecule has 0 aliphatic carbocycles. The van der Waals surface area contributed by atoms with Crippen molar-refractivity contribution in [2.45, 2.75) is 25.8 Å². The van der Waals surface area contributed by atoms with Crippen LogP contribution < -0.4 is 10.5 Å². The van der Waals surface area contributed by atoms with Gasteiger partial charge in [0.1, 0.15) is 11.8 Å². The maximum absolute atomic E-state index is 5.88. The van der Waals surface area contributed by atoms with Gasteiger partial charge in [-0.2, -0.15) is 0 Å². The molecule has 1 atom stereocenters. The SMILES string of the molecule is CCc1ccc(C2C=C(N)ON2CCc2ccc(OC)cc2)s1. The second-order valence-corrected chi connectivity index (χ2v) is 6.70. The number of hydroxylamine groups is 2. The van der Waals surface area contributed by atoms with E-state index in [0.29, 0.717) is 5.88 Å². The number of rotatable bonds is 6. The van der Waals surface area contributed by atoms with Gasteiger partial charge >= 0.3 is 0 Å². The van der Waals surface area contributed by atoms with Crippen molar-refractivity contribution in [3.63, 3.8) is 0 Å². The summed E-state index contributed by atoms with van der Waals surface area (Å²) in [5, 5.41) is 1.96. The molecule has 3 rings (SSSR count). The summed E-state index contributed by atoms with van der Waals surface area (Å²) in [6.45, 7) is 2.96. The van der Waals surface area contributed by atoms with Crippen molar-refractivity contribution in [1.82, 2.24) is 5.06 Å². The largest absolute Gasteiger partial charge is 0.497 e. The van der Waals surface area contributed by atoms with Gasteiger partial charge in [0.2, 0.25) is 5.88 Å². The van der Waals surface area contributed by atoms with Gasteiger partial charge in [0.25, 0.3) is 0 Å². The van der Waals surface area contributed by atoms with Crippen LogP contribution in [0.1, 0.15) is 28.3 Å². The second-order valence-electron chi connectivity index (χ2n) is 5.50. The smallest absolute Gasteiger partial charge is 0.207 e. The van der Waals surface area contributed by atoms with E-state index in [1.54, 1.807) is 7.11 Å². The molecule has 122 valence electrons. The summed E-state index contributed by atoms with van der Waals surface area (Å²) in [7, 11) is 1.68. The average Bonchev–Trinajstić information content (AvgIpc) is 3.19. The Bertz CT molecular complexity index is 679. The van der Waals surface area contributed by atoms with Crippen molar-refractivity contribution in [1.29, 1.82) is 0 Å². The molecule has 1 aromatic carbocycles. The van der Waals surface area contributed by atoms with Crippen LogP contribution in [0.15, 0.2) is 48.4 Å². The highest BCUT2D eigenvalue weighted by atomic mass is 32.1. The molecule has 2 aromatic rings. The van der Waals surface area contributed by atoms with Gasteiger partial charge in [-0.05, 0) is 42.7 Å². The van der Waals surface area contributed by atoms with Gasteiger partial charge in [-0.25, -0.2) is 0 Å². The van der Waals surface area contributed by atoms with Crippen LogP contribution in [0.3, 0.4) is 0 Å². The van der Waals surface area contributed by atoms with Crippen molar-refractivity contribution >= 4 is 11.3 Å². The molecule has 1 aliphatic heterocycles. The molecule has 2 heterocycles. The molecule has 0 amide bonds. The minimum atomic E-state index is 0.110. The summed E-state index contributed by atoms with van der Waals surface area (Å²) < 4.78 is 5.19. The van der Waals surface area contributed by atoms with E-state index in [0.717, 1.165) is 25.1 Å². The van der Waals surface area contributed by atoms with Gasteiger partial charge in [-0.1, -0.05) is 19.1 Å². The normalized spacial score (nSPS) is 17.8. The van der Waals surface area contributed by atoms with E-state index in [4.69, 9.17) is 15.3 Å². The van der Waals surface area contributed by atoms with E-state index < -0.39 is 0 Å². The average molecular weight is 330 g/mol. The number of hydrogen-bond acceptors (Lipinski definition) is 5. The summed E-state index contributed by atoms with van der Waals surface area (Å²) in [5.74, 6) is 1.36. The zero-order chi connectivity index (χ0) is 16.2. The van der Waals surface area contributed by atoms with Crippen LogP contribution in [-0.2, 0) is 17.7 Å². The highest BCUT2D eigenvalue weighted by molar-refractivity contribution is 7.12. The third-order valence-corrected chi connectivity index (χ3v) is 5.26. The van der Waals surface area contributed by atoms with Crippen molar-refractivity contribution in [2.24, 2.45) is 5.73 Å². The van der Waals surface area contributed by atoms with Gasteiger partial charge in [-0.15, -0.1) is 16.4 Å². The molecular weight excluding hydrogens is 308 g/mol. The lowest BCUT2D eigenvalue weighted by Gasteiger charge is -2.21. The van der Waals surface area contributed by atoms with Crippen molar-refractivity contribution in [3.05, 3.63) is 63.7 Å². The van der Waals surface area contributed by atoms with E-state index in [9.17, 15) is 0 Å². The first-order chi connectivity index (χ1) is 11.2. The minimum absolute atomic E-state index is 0.110. The summed E-state index contributed by atoms with van der Waals surface area (Å²) in [6.07, 6.45) is 3.94. The fourth-order valence-corrected chi connectivity index (χ4v) is 3.67. The van der Waals surface area contributed by atoms with Crippen molar-refractivity contribution in [2.75, 3.05) is 13.7 Å². The number of ether oxygens (including phenoxy) is 1. The van der Waals surface area contributed by atoms with E-state index in [1.807, 2.05) is 34.6 Å². The van der Waals surface area contributed by atoms with E-state index in [1.165, 1.54) is 15.3 Å². The van der Waals surface area contributed by atoms with Gasteiger partial charge in [0.05, 0.1) is 7.11 Å². The highest BCUT2D eigenvalue weighted by Crippen LogP contribution is 2.34. The standard InChI is InChI=1S/C18H22N2O2S/c1-3-15-8-9-17(23-15)16-12-18(19)22-20(16)11-10-13-4-6-14(21-2)7-5-13/h4-9,12,16H,3,10-11,19H2,1-2H3. The Morgan fingerprint density at radius 3 is 2.65 bits per heavy atom. The topological polar surface area (TPSA) is 47.7 Å². The monoisotopic (exact) mass is 330 g/mol. The third-order valence-electron chi connectivity index (χ3n) is 3.96. The first-order valence-corrected chi connectivity index (χ1v) is 8.64. The molecule has 1 aliphatic rings. The third kappa shape index (κ3) is 3.68. The number of hydrogen-bond donors (Lipinski definition) is 1. The Labute approximate surface area is 141 Å². The first kappa shape index (κ1) is 15.9. The van der Waals surface area contributed by atoms with Crippen LogP contribution in [0, 0.1) is 0 Å². The van der Waals surface area contributed by atoms with Gasteiger partial charge in [0, 0.05) is 22.4 Å². The molecule has 23 heavy (non-hydrogen) atoms. The number of thiophene rings is 1. The second kappa shape index (κ2) is 7.06. The zero-order valence-corrected chi connectivity index (χ0v) is 14.3. The Morgan fingerprint density at radius 1 is 1.22 bits per heavy atom. The molecule has 1 unspecified atom stereocenters. The summed E-state index contributed by atoms with van der Waals surface area (Å²) in [4.78, 5) is 8.35. The maximum atomic E-state index is 5.88. The Morgan fingerprint density at radius 2 is 2.00 bits per heavy atom. The number of benzene rings is 1. The van der Waals surface area contributed by atoms with Gasteiger partial charge in [-0.3, -0.25) is 0 Å². The summed E-state index contributed by atoms with van der Waals surface area (Å²) >= 11 is 1.82. The lowest BCUT2D eigenvalue weighted by molar-refractivity contribution is -0.118. The van der Waals surface area contributed by atoms with E-state index in [-0.39, 0.29) is 6.04 Å². The Balaban J connectivity index is 1.66. The van der Waals surface area contributed by atoms with Crippen LogP contribution >= 0.6 is 11.3 Å². The molecule has 0 radical (unpaired) electrons. The molecule has 1 aromatic heterocycles. The lowest BCUT2D eigenvalue weighted by atomic mass is 10.1. The van der Waals surface area contributed by atoms with E-state index in [2.05, 4.69) is 31.2 Å². The zero-order valence-electron chi connectivity index (χ0n) is 13.5. The van der Waals surface area contributed by atoms with Crippen LogP contribution in [0.25, 0.3) is 0 Å². The van der Waals surface area contributed by atoms with Crippen molar-refractivity contribution < 1.29 is 9.57 Å². The predicted octanol–water partition coefficient (Wildman–Crippen LogP) is 3.65. The first-order valence-electron chi connectivity index (χ1n) is 7.83.